The first-order valence-corrected chi connectivity index (χ1v) is 6.19. The van der Waals surface area contributed by atoms with Crippen molar-refractivity contribution in [2.24, 2.45) is 5.16 Å². The van der Waals surface area contributed by atoms with Crippen LogP contribution in [0.2, 0.25) is 5.02 Å². The highest BCUT2D eigenvalue weighted by atomic mass is 35.5. The van der Waals surface area contributed by atoms with Gasteiger partial charge in [0.15, 0.2) is 0 Å². The SMILES string of the molecule is COC(C(=NO)c1ccccc1)c1ccc(Cl)cc1. The Kier molecular flexibility index (Phi) is 4.55. The molecule has 4 heteroatoms. The average Bonchev–Trinajstić information content (AvgIpc) is 2.47. The zero-order valence-electron chi connectivity index (χ0n) is 10.5. The first-order valence-electron chi connectivity index (χ1n) is 5.82. The molecule has 0 bridgehead atoms. The standard InChI is InChI=1S/C15H14ClNO2/c1-19-15(12-7-9-13(16)10-8-12)14(17-18)11-5-3-2-4-6-11/h2-10,15,18H,1H3. The first kappa shape index (κ1) is 13.6. The van der Waals surface area contributed by atoms with Gasteiger partial charge in [-0.15, -0.1) is 0 Å². The number of rotatable bonds is 4. The lowest BCUT2D eigenvalue weighted by Gasteiger charge is -2.17. The third kappa shape index (κ3) is 3.13. The Labute approximate surface area is 117 Å². The largest absolute Gasteiger partial charge is 0.411 e. The molecular formula is C15H14ClNO2. The van der Waals surface area contributed by atoms with Crippen molar-refractivity contribution in [3.8, 4) is 0 Å². The van der Waals surface area contributed by atoms with E-state index in [0.29, 0.717) is 10.7 Å². The molecule has 0 fully saturated rings. The first-order chi connectivity index (χ1) is 9.26. The second-order valence-electron chi connectivity index (χ2n) is 4.02. The highest BCUT2D eigenvalue weighted by molar-refractivity contribution is 6.30. The molecule has 0 aliphatic carbocycles. The Balaban J connectivity index is 2.38. The summed E-state index contributed by atoms with van der Waals surface area (Å²) in [4.78, 5) is 0. The van der Waals surface area contributed by atoms with Gasteiger partial charge in [0, 0.05) is 17.7 Å². The topological polar surface area (TPSA) is 41.8 Å². The van der Waals surface area contributed by atoms with E-state index in [9.17, 15) is 5.21 Å². The van der Waals surface area contributed by atoms with Gasteiger partial charge in [0.05, 0.1) is 0 Å². The molecule has 0 amide bonds. The predicted octanol–water partition coefficient (Wildman–Crippen LogP) is 3.91. The summed E-state index contributed by atoms with van der Waals surface area (Å²) in [5, 5.41) is 13.3. The van der Waals surface area contributed by atoms with E-state index in [1.54, 1.807) is 19.2 Å². The molecule has 2 aromatic carbocycles. The minimum Gasteiger partial charge on any atom is -0.411 e. The van der Waals surface area contributed by atoms with E-state index in [4.69, 9.17) is 16.3 Å². The van der Waals surface area contributed by atoms with E-state index in [-0.39, 0.29) is 0 Å². The molecule has 1 N–H and O–H groups in total. The minimum absolute atomic E-state index is 0.440. The number of nitrogens with zero attached hydrogens (tertiary/aromatic N) is 1. The van der Waals surface area contributed by atoms with Crippen LogP contribution < -0.4 is 0 Å². The predicted molar refractivity (Wildman–Crippen MR) is 76.0 cm³/mol. The normalized spacial score (nSPS) is 13.3. The number of hydrogen-bond acceptors (Lipinski definition) is 3. The molecule has 0 aromatic heterocycles. The van der Waals surface area contributed by atoms with E-state index in [0.717, 1.165) is 11.1 Å². The molecule has 0 heterocycles. The van der Waals surface area contributed by atoms with Crippen LogP contribution in [0, 0.1) is 0 Å². The monoisotopic (exact) mass is 275 g/mol. The maximum absolute atomic E-state index is 9.28. The van der Waals surface area contributed by atoms with Crippen molar-refractivity contribution < 1.29 is 9.94 Å². The van der Waals surface area contributed by atoms with Crippen LogP contribution >= 0.6 is 11.6 Å². The molecule has 0 aliphatic heterocycles. The van der Waals surface area contributed by atoms with Crippen LogP contribution in [0.25, 0.3) is 0 Å². The molecule has 2 rings (SSSR count). The molecule has 19 heavy (non-hydrogen) atoms. The fourth-order valence-corrected chi connectivity index (χ4v) is 2.04. The Morgan fingerprint density at radius 2 is 1.74 bits per heavy atom. The maximum Gasteiger partial charge on any atom is 0.128 e. The summed E-state index contributed by atoms with van der Waals surface area (Å²) >= 11 is 5.87. The van der Waals surface area contributed by atoms with Gasteiger partial charge in [-0.3, -0.25) is 0 Å². The van der Waals surface area contributed by atoms with E-state index in [1.165, 1.54) is 0 Å². The second-order valence-corrected chi connectivity index (χ2v) is 4.45. The molecule has 0 saturated carbocycles. The van der Waals surface area contributed by atoms with Crippen molar-refractivity contribution >= 4 is 17.3 Å². The smallest absolute Gasteiger partial charge is 0.128 e. The highest BCUT2D eigenvalue weighted by Crippen LogP contribution is 2.24. The van der Waals surface area contributed by atoms with Crippen LogP contribution in [0.3, 0.4) is 0 Å². The Morgan fingerprint density at radius 3 is 2.26 bits per heavy atom. The van der Waals surface area contributed by atoms with Gasteiger partial charge in [0.25, 0.3) is 0 Å². The zero-order valence-corrected chi connectivity index (χ0v) is 11.2. The van der Waals surface area contributed by atoms with Crippen molar-refractivity contribution in [3.05, 3.63) is 70.7 Å². The van der Waals surface area contributed by atoms with Gasteiger partial charge in [0.2, 0.25) is 0 Å². The Hall–Kier alpha value is -1.84. The fraction of sp³-hybridized carbons (Fsp3) is 0.133. The number of halogens is 1. The summed E-state index contributed by atoms with van der Waals surface area (Å²) < 4.78 is 5.45. The van der Waals surface area contributed by atoms with Crippen LogP contribution in [0.5, 0.6) is 0 Å². The van der Waals surface area contributed by atoms with Crippen molar-refractivity contribution in [1.29, 1.82) is 0 Å². The summed E-state index contributed by atoms with van der Waals surface area (Å²) in [6, 6.07) is 16.7. The van der Waals surface area contributed by atoms with Crippen molar-refractivity contribution in [3.63, 3.8) is 0 Å². The van der Waals surface area contributed by atoms with Gasteiger partial charge in [-0.25, -0.2) is 0 Å². The van der Waals surface area contributed by atoms with Crippen LogP contribution in [-0.2, 0) is 4.74 Å². The molecular weight excluding hydrogens is 262 g/mol. The lowest BCUT2D eigenvalue weighted by atomic mass is 9.99. The number of hydrogen-bond donors (Lipinski definition) is 1. The summed E-state index contributed by atoms with van der Waals surface area (Å²) in [5.41, 5.74) is 2.15. The molecule has 0 aliphatic rings. The van der Waals surface area contributed by atoms with Gasteiger partial charge < -0.3 is 9.94 Å². The molecule has 3 nitrogen and oxygen atoms in total. The quantitative estimate of drug-likeness (QED) is 0.522. The molecule has 98 valence electrons. The number of benzene rings is 2. The summed E-state index contributed by atoms with van der Waals surface area (Å²) in [6.45, 7) is 0. The van der Waals surface area contributed by atoms with Gasteiger partial charge in [-0.2, -0.15) is 0 Å². The third-order valence-electron chi connectivity index (χ3n) is 2.83. The lowest BCUT2D eigenvalue weighted by Crippen LogP contribution is -2.16. The fourth-order valence-electron chi connectivity index (χ4n) is 1.91. The van der Waals surface area contributed by atoms with Crippen LogP contribution in [0.1, 0.15) is 17.2 Å². The maximum atomic E-state index is 9.28. The minimum atomic E-state index is -0.440. The second kappa shape index (κ2) is 6.36. The number of oxime groups is 1. The number of methoxy groups -OCH3 is 1. The third-order valence-corrected chi connectivity index (χ3v) is 3.09. The Morgan fingerprint density at radius 1 is 1.11 bits per heavy atom. The summed E-state index contributed by atoms with van der Waals surface area (Å²) in [7, 11) is 1.58. The molecule has 2 aromatic rings. The van der Waals surface area contributed by atoms with E-state index in [1.807, 2.05) is 42.5 Å². The zero-order chi connectivity index (χ0) is 13.7. The summed E-state index contributed by atoms with van der Waals surface area (Å²) in [6.07, 6.45) is -0.440. The molecule has 1 atom stereocenters. The van der Waals surface area contributed by atoms with Crippen molar-refractivity contribution in [2.75, 3.05) is 7.11 Å². The van der Waals surface area contributed by atoms with Gasteiger partial charge in [0.1, 0.15) is 11.8 Å². The Bertz CT molecular complexity index is 552. The molecule has 1 unspecified atom stereocenters. The molecule has 0 radical (unpaired) electrons. The number of ether oxygens (including phenoxy) is 1. The van der Waals surface area contributed by atoms with E-state index < -0.39 is 6.10 Å². The van der Waals surface area contributed by atoms with Crippen LogP contribution in [0.4, 0.5) is 0 Å². The van der Waals surface area contributed by atoms with Gasteiger partial charge in [-0.1, -0.05) is 59.2 Å². The van der Waals surface area contributed by atoms with Gasteiger partial charge in [-0.05, 0) is 17.7 Å². The molecule has 0 saturated heterocycles. The summed E-state index contributed by atoms with van der Waals surface area (Å²) in [5.74, 6) is 0. The van der Waals surface area contributed by atoms with Crippen molar-refractivity contribution in [1.82, 2.24) is 0 Å². The average molecular weight is 276 g/mol. The van der Waals surface area contributed by atoms with Gasteiger partial charge >= 0.3 is 0 Å². The van der Waals surface area contributed by atoms with Crippen molar-refractivity contribution in [2.45, 2.75) is 6.10 Å². The van der Waals surface area contributed by atoms with E-state index in [2.05, 4.69) is 5.16 Å². The van der Waals surface area contributed by atoms with E-state index >= 15 is 0 Å². The van der Waals surface area contributed by atoms with Crippen LogP contribution in [-0.4, -0.2) is 18.0 Å². The highest BCUT2D eigenvalue weighted by Gasteiger charge is 2.20. The lowest BCUT2D eigenvalue weighted by molar-refractivity contribution is 0.154. The molecule has 0 spiro atoms. The van der Waals surface area contributed by atoms with Crippen LogP contribution in [0.15, 0.2) is 59.8 Å².